The molecular weight excluding hydrogens is 262 g/mol. The van der Waals surface area contributed by atoms with Crippen molar-refractivity contribution in [2.24, 2.45) is 5.92 Å². The average Bonchev–Trinajstić information content (AvgIpc) is 2.89. The number of benzene rings is 1. The third-order valence-electron chi connectivity index (χ3n) is 4.03. The fourth-order valence-electron chi connectivity index (χ4n) is 2.58. The van der Waals surface area contributed by atoms with Gasteiger partial charge in [-0.1, -0.05) is 24.3 Å². The van der Waals surface area contributed by atoms with Gasteiger partial charge in [-0.15, -0.1) is 0 Å². The Morgan fingerprint density at radius 3 is 2.62 bits per heavy atom. The average molecular weight is 285 g/mol. The number of hydrogen-bond acceptors (Lipinski definition) is 2. The van der Waals surface area contributed by atoms with Crippen LogP contribution in [-0.2, 0) is 4.79 Å². The Morgan fingerprint density at radius 1 is 1.24 bits per heavy atom. The molecule has 0 aromatic heterocycles. The smallest absolute Gasteiger partial charge is 0.244 e. The maximum absolute atomic E-state index is 11.9. The van der Waals surface area contributed by atoms with Crippen LogP contribution >= 0.6 is 0 Å². The first-order chi connectivity index (χ1) is 9.99. The summed E-state index contributed by atoms with van der Waals surface area (Å²) in [6, 6.07) is 4.27. The third kappa shape index (κ3) is 4.05. The highest BCUT2D eigenvalue weighted by Gasteiger charge is 2.18. The van der Waals surface area contributed by atoms with Gasteiger partial charge < -0.3 is 10.4 Å². The molecule has 0 heterocycles. The van der Waals surface area contributed by atoms with Crippen LogP contribution in [0.3, 0.4) is 0 Å². The molecule has 2 rings (SSSR count). The van der Waals surface area contributed by atoms with Crippen LogP contribution in [0.5, 0.6) is 0 Å². The molecule has 112 valence electrons. The molecule has 21 heavy (non-hydrogen) atoms. The number of nitrogens with one attached hydrogen (secondary N) is 1. The van der Waals surface area contributed by atoms with E-state index in [1.807, 2.05) is 18.2 Å². The van der Waals surface area contributed by atoms with Crippen LogP contribution in [-0.4, -0.2) is 23.7 Å². The van der Waals surface area contributed by atoms with Gasteiger partial charge in [0.25, 0.3) is 0 Å². The van der Waals surface area contributed by atoms with Crippen molar-refractivity contribution in [3.05, 3.63) is 52.6 Å². The van der Waals surface area contributed by atoms with E-state index in [-0.39, 0.29) is 24.5 Å². The quantitative estimate of drug-likeness (QED) is 0.660. The molecule has 0 bridgehead atoms. The Balaban J connectivity index is 1.97. The molecule has 0 saturated carbocycles. The minimum absolute atomic E-state index is 0.0279. The van der Waals surface area contributed by atoms with E-state index in [0.29, 0.717) is 0 Å². The summed E-state index contributed by atoms with van der Waals surface area (Å²) in [6.07, 6.45) is 8.13. The lowest BCUT2D eigenvalue weighted by molar-refractivity contribution is -0.116. The van der Waals surface area contributed by atoms with Crippen molar-refractivity contribution in [3.63, 3.8) is 0 Å². The molecule has 0 unspecified atom stereocenters. The fourth-order valence-corrected chi connectivity index (χ4v) is 2.58. The van der Waals surface area contributed by atoms with Gasteiger partial charge in [0, 0.05) is 24.6 Å². The molecule has 1 aliphatic carbocycles. The van der Waals surface area contributed by atoms with Gasteiger partial charge in [-0.25, -0.2) is 0 Å². The lowest BCUT2D eigenvalue weighted by Gasteiger charge is -2.11. The van der Waals surface area contributed by atoms with Gasteiger partial charge >= 0.3 is 0 Å². The zero-order chi connectivity index (χ0) is 15.4. The standard InChI is InChI=1S/C18H23NO2/c1-12-8-14(3)16(9-13(12)2)5-7-18(21)19-17-6-4-15(10-17)11-20/h4-9,15,17,20H,10-11H2,1-3H3,(H,19,21)/b7-5+/t15-,17+/m0/s1. The number of hydrogen-bond donors (Lipinski definition) is 2. The molecule has 2 atom stereocenters. The van der Waals surface area contributed by atoms with Crippen LogP contribution in [0.25, 0.3) is 6.08 Å². The van der Waals surface area contributed by atoms with E-state index in [1.165, 1.54) is 16.7 Å². The summed E-state index contributed by atoms with van der Waals surface area (Å²) in [6.45, 7) is 6.35. The predicted octanol–water partition coefficient (Wildman–Crippen LogP) is 2.68. The second kappa shape index (κ2) is 6.72. The molecule has 3 heteroatoms. The predicted molar refractivity (Wildman–Crippen MR) is 86.0 cm³/mol. The van der Waals surface area contributed by atoms with Gasteiger partial charge in [0.05, 0.1) is 0 Å². The zero-order valence-corrected chi connectivity index (χ0v) is 12.9. The summed E-state index contributed by atoms with van der Waals surface area (Å²) < 4.78 is 0. The molecule has 0 aliphatic heterocycles. The second-order valence-electron chi connectivity index (χ2n) is 5.80. The number of aryl methyl sites for hydroxylation is 3. The van der Waals surface area contributed by atoms with Crippen LogP contribution in [0.1, 0.15) is 28.7 Å². The number of aliphatic hydroxyl groups excluding tert-OH is 1. The van der Waals surface area contributed by atoms with Gasteiger partial charge in [-0.05, 0) is 55.5 Å². The molecule has 1 aromatic rings. The van der Waals surface area contributed by atoms with Crippen molar-refractivity contribution in [3.8, 4) is 0 Å². The summed E-state index contributed by atoms with van der Waals surface area (Å²) in [5.41, 5.74) is 4.73. The fraction of sp³-hybridized carbons (Fsp3) is 0.389. The normalized spacial score (nSPS) is 21.1. The monoisotopic (exact) mass is 285 g/mol. The summed E-state index contributed by atoms with van der Waals surface area (Å²) in [4.78, 5) is 11.9. The SMILES string of the molecule is Cc1cc(C)c(/C=C/C(=O)N[C@@H]2C=C[C@H](CO)C2)cc1C. The molecule has 0 radical (unpaired) electrons. The van der Waals surface area contributed by atoms with E-state index in [0.717, 1.165) is 12.0 Å². The highest BCUT2D eigenvalue weighted by atomic mass is 16.3. The second-order valence-corrected chi connectivity index (χ2v) is 5.80. The minimum atomic E-state index is -0.0964. The van der Waals surface area contributed by atoms with Crippen molar-refractivity contribution < 1.29 is 9.90 Å². The van der Waals surface area contributed by atoms with E-state index < -0.39 is 0 Å². The Morgan fingerprint density at radius 2 is 1.95 bits per heavy atom. The van der Waals surface area contributed by atoms with E-state index in [4.69, 9.17) is 5.11 Å². The number of aliphatic hydroxyl groups is 1. The largest absolute Gasteiger partial charge is 0.396 e. The molecule has 1 amide bonds. The summed E-state index contributed by atoms with van der Waals surface area (Å²) in [5, 5.41) is 12.0. The van der Waals surface area contributed by atoms with Crippen molar-refractivity contribution >= 4 is 12.0 Å². The van der Waals surface area contributed by atoms with E-state index in [2.05, 4.69) is 38.2 Å². The summed E-state index contributed by atoms with van der Waals surface area (Å²) in [5.74, 6) is 0.0714. The molecule has 0 spiro atoms. The molecule has 3 nitrogen and oxygen atoms in total. The highest BCUT2D eigenvalue weighted by Crippen LogP contribution is 2.18. The Kier molecular flexibility index (Phi) is 4.97. The lowest BCUT2D eigenvalue weighted by atomic mass is 10.0. The van der Waals surface area contributed by atoms with Crippen molar-refractivity contribution in [1.29, 1.82) is 0 Å². The zero-order valence-electron chi connectivity index (χ0n) is 12.9. The number of amides is 1. The van der Waals surface area contributed by atoms with Crippen molar-refractivity contribution in [2.75, 3.05) is 6.61 Å². The first-order valence-corrected chi connectivity index (χ1v) is 7.35. The van der Waals surface area contributed by atoms with E-state index >= 15 is 0 Å². The summed E-state index contributed by atoms with van der Waals surface area (Å²) >= 11 is 0. The van der Waals surface area contributed by atoms with Crippen LogP contribution in [0.2, 0.25) is 0 Å². The molecule has 1 aliphatic rings. The third-order valence-corrected chi connectivity index (χ3v) is 4.03. The number of carbonyl (C=O) groups excluding carboxylic acids is 1. The number of rotatable bonds is 4. The molecule has 1 aromatic carbocycles. The van der Waals surface area contributed by atoms with Gasteiger partial charge in [0.1, 0.15) is 0 Å². The van der Waals surface area contributed by atoms with E-state index in [1.54, 1.807) is 6.08 Å². The van der Waals surface area contributed by atoms with Crippen molar-refractivity contribution in [2.45, 2.75) is 33.2 Å². The minimum Gasteiger partial charge on any atom is -0.396 e. The van der Waals surface area contributed by atoms with Gasteiger partial charge in [-0.2, -0.15) is 0 Å². The first-order valence-electron chi connectivity index (χ1n) is 7.35. The van der Waals surface area contributed by atoms with Gasteiger partial charge in [0.15, 0.2) is 0 Å². The Hall–Kier alpha value is -1.87. The molecule has 2 N–H and O–H groups in total. The van der Waals surface area contributed by atoms with Crippen molar-refractivity contribution in [1.82, 2.24) is 5.32 Å². The topological polar surface area (TPSA) is 49.3 Å². The van der Waals surface area contributed by atoms with Gasteiger partial charge in [0.2, 0.25) is 5.91 Å². The van der Waals surface area contributed by atoms with E-state index in [9.17, 15) is 4.79 Å². The molecule has 0 fully saturated rings. The Bertz CT molecular complexity index is 587. The van der Waals surface area contributed by atoms with Crippen LogP contribution < -0.4 is 5.32 Å². The molecule has 0 saturated heterocycles. The maximum Gasteiger partial charge on any atom is 0.244 e. The number of carbonyl (C=O) groups is 1. The van der Waals surface area contributed by atoms with Crippen LogP contribution in [0.15, 0.2) is 30.4 Å². The lowest BCUT2D eigenvalue weighted by Crippen LogP contribution is -2.31. The maximum atomic E-state index is 11.9. The molecular formula is C18H23NO2. The van der Waals surface area contributed by atoms with Crippen LogP contribution in [0.4, 0.5) is 0 Å². The van der Waals surface area contributed by atoms with Crippen LogP contribution in [0, 0.1) is 26.7 Å². The summed E-state index contributed by atoms with van der Waals surface area (Å²) in [7, 11) is 0. The first kappa shape index (κ1) is 15.5. The Labute approximate surface area is 126 Å². The van der Waals surface area contributed by atoms with Gasteiger partial charge in [-0.3, -0.25) is 4.79 Å². The highest BCUT2D eigenvalue weighted by molar-refractivity contribution is 5.92.